The number of fused-ring (bicyclic) bond motifs is 2. The van der Waals surface area contributed by atoms with Gasteiger partial charge in [-0.05, 0) is 42.1 Å². The standard InChI is InChI=1S/C7H11O2PS/c8-10(11)9-7-4-5-1-2-6(7)3-5/h5-7H,1-4H2/p+1. The Labute approximate surface area is 72.7 Å². The zero-order chi connectivity index (χ0) is 7.84. The summed E-state index contributed by atoms with van der Waals surface area (Å²) in [5.74, 6) is 1.54. The molecule has 0 aromatic heterocycles. The van der Waals surface area contributed by atoms with Crippen LogP contribution < -0.4 is 0 Å². The van der Waals surface area contributed by atoms with E-state index >= 15 is 0 Å². The molecule has 2 rings (SSSR count). The van der Waals surface area contributed by atoms with Crippen molar-refractivity contribution >= 4 is 19.5 Å². The van der Waals surface area contributed by atoms with Crippen LogP contribution in [0.2, 0.25) is 0 Å². The van der Waals surface area contributed by atoms with E-state index in [1.165, 1.54) is 19.3 Å². The molecule has 11 heavy (non-hydrogen) atoms. The van der Waals surface area contributed by atoms with Crippen molar-refractivity contribution in [3.05, 3.63) is 0 Å². The number of thiol groups is 1. The van der Waals surface area contributed by atoms with E-state index in [0.29, 0.717) is 5.92 Å². The van der Waals surface area contributed by atoms with Crippen LogP contribution in [0, 0.1) is 11.8 Å². The maximum atomic E-state index is 10.7. The molecular weight excluding hydrogens is 179 g/mol. The Kier molecular flexibility index (Phi) is 2.22. The predicted octanol–water partition coefficient (Wildman–Crippen LogP) is 2.78. The van der Waals surface area contributed by atoms with Gasteiger partial charge >= 0.3 is 7.23 Å². The van der Waals surface area contributed by atoms with Gasteiger partial charge in [0, 0.05) is 0 Å². The highest BCUT2D eigenvalue weighted by Crippen LogP contribution is 2.49. The van der Waals surface area contributed by atoms with Gasteiger partial charge in [-0.3, -0.25) is 0 Å². The zero-order valence-electron chi connectivity index (χ0n) is 6.27. The molecule has 0 saturated heterocycles. The van der Waals surface area contributed by atoms with E-state index in [1.54, 1.807) is 0 Å². The molecule has 4 heteroatoms. The minimum Gasteiger partial charge on any atom is -0.133 e. The lowest BCUT2D eigenvalue weighted by atomic mass is 9.98. The van der Waals surface area contributed by atoms with Gasteiger partial charge in [0.15, 0.2) is 0 Å². The van der Waals surface area contributed by atoms with Gasteiger partial charge in [-0.1, -0.05) is 0 Å². The maximum absolute atomic E-state index is 10.7. The van der Waals surface area contributed by atoms with E-state index in [0.717, 1.165) is 12.3 Å². The Morgan fingerprint density at radius 1 is 1.36 bits per heavy atom. The van der Waals surface area contributed by atoms with E-state index < -0.39 is 7.23 Å². The average Bonchev–Trinajstić information content (AvgIpc) is 2.45. The molecule has 2 aliphatic rings. The fourth-order valence-corrected chi connectivity index (χ4v) is 3.28. The smallest absolute Gasteiger partial charge is 0.133 e. The third-order valence-corrected chi connectivity index (χ3v) is 3.63. The minimum absolute atomic E-state index is 0.259. The van der Waals surface area contributed by atoms with Crippen molar-refractivity contribution < 1.29 is 9.09 Å². The zero-order valence-corrected chi connectivity index (χ0v) is 8.06. The largest absolute Gasteiger partial charge is 0.582 e. The second kappa shape index (κ2) is 3.04. The summed E-state index contributed by atoms with van der Waals surface area (Å²) < 4.78 is 15.9. The molecule has 0 N–H and O–H groups in total. The minimum atomic E-state index is -1.68. The first-order valence-corrected chi connectivity index (χ1v) is 6.41. The molecule has 2 saturated carbocycles. The molecule has 4 atom stereocenters. The molecule has 62 valence electrons. The molecule has 2 nitrogen and oxygen atoms in total. The molecule has 0 spiro atoms. The van der Waals surface area contributed by atoms with Crippen molar-refractivity contribution in [1.29, 1.82) is 0 Å². The fraction of sp³-hybridized carbons (Fsp3) is 1.00. The predicted molar refractivity (Wildman–Crippen MR) is 46.9 cm³/mol. The van der Waals surface area contributed by atoms with Gasteiger partial charge in [-0.25, -0.2) is 0 Å². The van der Waals surface area contributed by atoms with E-state index in [4.69, 9.17) is 4.52 Å². The van der Waals surface area contributed by atoms with Gasteiger partial charge < -0.3 is 0 Å². The van der Waals surface area contributed by atoms with Gasteiger partial charge in [-0.15, -0.1) is 4.52 Å². The van der Waals surface area contributed by atoms with E-state index in [9.17, 15) is 4.57 Å². The van der Waals surface area contributed by atoms with Crippen LogP contribution in [0.15, 0.2) is 0 Å². The Bertz CT molecular complexity index is 185. The summed E-state index contributed by atoms with van der Waals surface area (Å²) in [4.78, 5) is 0. The van der Waals surface area contributed by atoms with Crippen molar-refractivity contribution in [3.63, 3.8) is 0 Å². The van der Waals surface area contributed by atoms with Crippen LogP contribution in [0.5, 0.6) is 0 Å². The molecule has 2 aliphatic carbocycles. The van der Waals surface area contributed by atoms with E-state index in [2.05, 4.69) is 12.2 Å². The van der Waals surface area contributed by atoms with Crippen molar-refractivity contribution in [3.8, 4) is 0 Å². The quantitative estimate of drug-likeness (QED) is 0.536. The Morgan fingerprint density at radius 2 is 2.18 bits per heavy atom. The molecule has 0 radical (unpaired) electrons. The topological polar surface area (TPSA) is 26.3 Å². The molecule has 0 amide bonds. The molecule has 2 bridgehead atoms. The average molecular weight is 191 g/mol. The van der Waals surface area contributed by atoms with Crippen LogP contribution in [0.25, 0.3) is 0 Å². The van der Waals surface area contributed by atoms with Gasteiger partial charge in [0.25, 0.3) is 0 Å². The molecule has 0 heterocycles. The van der Waals surface area contributed by atoms with Crippen LogP contribution in [-0.2, 0) is 9.09 Å². The first-order chi connectivity index (χ1) is 5.25. The molecule has 4 unspecified atom stereocenters. The van der Waals surface area contributed by atoms with Crippen LogP contribution >= 0.6 is 19.5 Å². The summed E-state index contributed by atoms with van der Waals surface area (Å²) in [5.41, 5.74) is 0. The second-order valence-corrected chi connectivity index (χ2v) is 5.22. The maximum Gasteiger partial charge on any atom is 0.582 e. The lowest BCUT2D eigenvalue weighted by Gasteiger charge is -2.14. The molecule has 0 aromatic carbocycles. The third-order valence-electron chi connectivity index (χ3n) is 2.90. The molecule has 2 fully saturated rings. The van der Waals surface area contributed by atoms with Gasteiger partial charge in [-0.2, -0.15) is 0 Å². The monoisotopic (exact) mass is 191 g/mol. The van der Waals surface area contributed by atoms with E-state index in [-0.39, 0.29) is 6.10 Å². The first-order valence-electron chi connectivity index (χ1n) is 4.08. The first kappa shape index (κ1) is 8.03. The van der Waals surface area contributed by atoms with Crippen molar-refractivity contribution in [2.45, 2.75) is 31.8 Å². The molecular formula is C7H12O2PS+. The number of hydrogen-bond donors (Lipinski definition) is 1. The highest BCUT2D eigenvalue weighted by Gasteiger charge is 2.43. The highest BCUT2D eigenvalue weighted by molar-refractivity contribution is 8.39. The summed E-state index contributed by atoms with van der Waals surface area (Å²) >= 11 is 3.75. The van der Waals surface area contributed by atoms with Crippen LogP contribution in [0.3, 0.4) is 0 Å². The van der Waals surface area contributed by atoms with Gasteiger partial charge in [0.2, 0.25) is 0 Å². The Hall–Kier alpha value is 0.410. The van der Waals surface area contributed by atoms with Crippen LogP contribution in [-0.4, -0.2) is 6.10 Å². The Morgan fingerprint density at radius 3 is 2.64 bits per heavy atom. The fourth-order valence-electron chi connectivity index (χ4n) is 2.43. The van der Waals surface area contributed by atoms with Crippen molar-refractivity contribution in [2.24, 2.45) is 11.8 Å². The van der Waals surface area contributed by atoms with Gasteiger partial charge in [0.1, 0.15) is 18.4 Å². The summed E-state index contributed by atoms with van der Waals surface area (Å²) in [7, 11) is -1.68. The normalized spacial score (nSPS) is 43.0. The van der Waals surface area contributed by atoms with Gasteiger partial charge in [0.05, 0.1) is 0 Å². The summed E-state index contributed by atoms with van der Waals surface area (Å²) in [5, 5.41) is 0. The van der Waals surface area contributed by atoms with Crippen LogP contribution in [0.4, 0.5) is 0 Å². The number of hydrogen-bond acceptors (Lipinski definition) is 2. The highest BCUT2D eigenvalue weighted by atomic mass is 32.7. The Balaban J connectivity index is 1.92. The summed E-state index contributed by atoms with van der Waals surface area (Å²) in [6, 6.07) is 0. The van der Waals surface area contributed by atoms with Crippen molar-refractivity contribution in [2.75, 3.05) is 0 Å². The lowest BCUT2D eigenvalue weighted by molar-refractivity contribution is 0.153. The van der Waals surface area contributed by atoms with Crippen molar-refractivity contribution in [1.82, 2.24) is 0 Å². The summed E-state index contributed by atoms with van der Waals surface area (Å²) in [6.07, 6.45) is 5.29. The van der Waals surface area contributed by atoms with Crippen LogP contribution in [0.1, 0.15) is 25.7 Å². The summed E-state index contributed by atoms with van der Waals surface area (Å²) in [6.45, 7) is 0. The second-order valence-electron chi connectivity index (χ2n) is 3.56. The SMILES string of the molecule is O=[P+](S)OC1CC2CCC1C2. The lowest BCUT2D eigenvalue weighted by Crippen LogP contribution is -2.16. The molecule has 0 aliphatic heterocycles. The third kappa shape index (κ3) is 1.61. The molecule has 0 aromatic rings. The van der Waals surface area contributed by atoms with E-state index in [1.807, 2.05) is 0 Å². The number of rotatable bonds is 2.